The Morgan fingerprint density at radius 2 is 1.89 bits per heavy atom. The van der Waals surface area contributed by atoms with Gasteiger partial charge in [-0.15, -0.1) is 0 Å². The second-order valence-corrected chi connectivity index (χ2v) is 6.27. The highest BCUT2D eigenvalue weighted by Gasteiger charge is 2.32. The molecule has 1 unspecified atom stereocenters. The van der Waals surface area contributed by atoms with E-state index in [0.717, 1.165) is 29.0 Å². The van der Waals surface area contributed by atoms with E-state index >= 15 is 0 Å². The highest BCUT2D eigenvalue weighted by atomic mass is 19.4. The topological polar surface area (TPSA) is 87.7 Å². The molecule has 1 aromatic carbocycles. The normalized spacial score (nSPS) is 12.5. The Hall–Kier alpha value is -3.26. The second-order valence-electron chi connectivity index (χ2n) is 6.27. The molecule has 1 atom stereocenters. The number of hydrogen-bond acceptors (Lipinski definition) is 5. The zero-order valence-corrected chi connectivity index (χ0v) is 15.0. The minimum atomic E-state index is -4.53. The van der Waals surface area contributed by atoms with E-state index in [4.69, 9.17) is 11.1 Å². The second kappa shape index (κ2) is 7.77. The van der Waals surface area contributed by atoms with Crippen molar-refractivity contribution in [1.82, 2.24) is 9.97 Å². The fraction of sp³-hybridized carbons (Fsp3) is 0.150. The number of rotatable bonds is 5. The van der Waals surface area contributed by atoms with Gasteiger partial charge in [-0.1, -0.05) is 18.2 Å². The van der Waals surface area contributed by atoms with Gasteiger partial charge in [0.2, 0.25) is 0 Å². The van der Waals surface area contributed by atoms with Crippen molar-refractivity contribution < 1.29 is 13.2 Å². The van der Waals surface area contributed by atoms with E-state index in [1.807, 2.05) is 19.1 Å². The first kappa shape index (κ1) is 19.5. The van der Waals surface area contributed by atoms with Gasteiger partial charge in [-0.05, 0) is 42.3 Å². The van der Waals surface area contributed by atoms with Crippen LogP contribution >= 0.6 is 0 Å². The average Bonchev–Trinajstić information content (AvgIpc) is 2.67. The summed E-state index contributed by atoms with van der Waals surface area (Å²) in [6, 6.07) is 10.6. The molecule has 0 fully saturated rings. The molecule has 2 aromatic heterocycles. The van der Waals surface area contributed by atoms with Crippen molar-refractivity contribution in [3.05, 3.63) is 71.7 Å². The summed E-state index contributed by atoms with van der Waals surface area (Å²) in [6.45, 7) is 1.85. The van der Waals surface area contributed by atoms with Gasteiger partial charge in [0, 0.05) is 41.5 Å². The summed E-state index contributed by atoms with van der Waals surface area (Å²) < 4.78 is 38.7. The summed E-state index contributed by atoms with van der Waals surface area (Å²) in [5, 5.41) is 10.4. The van der Waals surface area contributed by atoms with Crippen molar-refractivity contribution in [2.45, 2.75) is 19.1 Å². The van der Waals surface area contributed by atoms with E-state index in [-0.39, 0.29) is 11.9 Å². The highest BCUT2D eigenvalue weighted by molar-refractivity contribution is 5.89. The number of nitrogens with one attached hydrogen (secondary N) is 2. The molecule has 3 aromatic rings. The number of anilines is 2. The van der Waals surface area contributed by atoms with Crippen molar-refractivity contribution in [3.63, 3.8) is 0 Å². The van der Waals surface area contributed by atoms with Crippen LogP contribution in [-0.4, -0.2) is 16.2 Å². The largest absolute Gasteiger partial charge is 0.433 e. The molecule has 0 amide bonds. The lowest BCUT2D eigenvalue weighted by atomic mass is 10.0. The monoisotopic (exact) mass is 385 g/mol. The molecule has 28 heavy (non-hydrogen) atoms. The Kier molecular flexibility index (Phi) is 5.41. The third-order valence-electron chi connectivity index (χ3n) is 4.13. The smallest absolute Gasteiger partial charge is 0.340 e. The van der Waals surface area contributed by atoms with Gasteiger partial charge in [-0.3, -0.25) is 4.98 Å². The number of benzene rings is 1. The molecule has 4 N–H and O–H groups in total. The zero-order valence-electron chi connectivity index (χ0n) is 15.0. The van der Waals surface area contributed by atoms with Crippen molar-refractivity contribution in [2.24, 2.45) is 5.73 Å². The van der Waals surface area contributed by atoms with Crippen molar-refractivity contribution >= 4 is 17.7 Å². The molecule has 0 aliphatic heterocycles. The van der Waals surface area contributed by atoms with Gasteiger partial charge in [0.25, 0.3) is 0 Å². The van der Waals surface area contributed by atoms with Gasteiger partial charge in [0.15, 0.2) is 0 Å². The van der Waals surface area contributed by atoms with Crippen LogP contribution in [-0.2, 0) is 6.18 Å². The van der Waals surface area contributed by atoms with Gasteiger partial charge in [0.05, 0.1) is 0 Å². The lowest BCUT2D eigenvalue weighted by Crippen LogP contribution is -2.09. The van der Waals surface area contributed by atoms with Gasteiger partial charge in [0.1, 0.15) is 11.5 Å². The number of aromatic nitrogens is 2. The summed E-state index contributed by atoms with van der Waals surface area (Å²) >= 11 is 0. The summed E-state index contributed by atoms with van der Waals surface area (Å²) in [5.41, 5.74) is 8.36. The Bertz CT molecular complexity index is 999. The Balaban J connectivity index is 1.99. The molecular formula is C20H18F3N5. The first-order valence-corrected chi connectivity index (χ1v) is 8.44. The molecule has 5 nitrogen and oxygen atoms in total. The number of pyridine rings is 2. The number of nitrogens with two attached hydrogens (primary N) is 1. The quantitative estimate of drug-likeness (QED) is 0.544. The molecule has 0 saturated carbocycles. The Morgan fingerprint density at radius 1 is 1.11 bits per heavy atom. The number of nitrogens with zero attached hydrogens (tertiary/aromatic N) is 2. The van der Waals surface area contributed by atoms with Crippen LogP contribution in [0.15, 0.2) is 54.9 Å². The summed E-state index contributed by atoms with van der Waals surface area (Å²) in [6.07, 6.45) is -0.0469. The predicted octanol–water partition coefficient (Wildman–Crippen LogP) is 4.92. The van der Waals surface area contributed by atoms with Crippen LogP contribution in [0.3, 0.4) is 0 Å². The van der Waals surface area contributed by atoms with Crippen molar-refractivity contribution in [1.29, 1.82) is 5.41 Å². The number of hydrogen-bond donors (Lipinski definition) is 3. The van der Waals surface area contributed by atoms with Crippen LogP contribution in [0.2, 0.25) is 0 Å². The molecule has 0 bridgehead atoms. The average molecular weight is 385 g/mol. The molecule has 144 valence electrons. The molecule has 0 radical (unpaired) electrons. The maximum Gasteiger partial charge on any atom is 0.433 e. The van der Waals surface area contributed by atoms with Gasteiger partial charge in [-0.25, -0.2) is 4.98 Å². The van der Waals surface area contributed by atoms with E-state index in [9.17, 15) is 13.2 Å². The molecule has 0 aliphatic rings. The van der Waals surface area contributed by atoms with Gasteiger partial charge < -0.3 is 16.5 Å². The number of halogens is 3. The highest BCUT2D eigenvalue weighted by Crippen LogP contribution is 2.31. The minimum absolute atomic E-state index is 0.0394. The SMILES string of the molecule is CC(N)c1cncc(-c2ccc(C=N)c(Nc3cccc(C(F)(F)F)n3)c2)c1. The maximum absolute atomic E-state index is 12.9. The molecular weight excluding hydrogens is 367 g/mol. The Morgan fingerprint density at radius 3 is 2.57 bits per heavy atom. The standard InChI is InChI=1S/C20H18F3N5/c1-12(25)15-7-16(11-26-10-15)13-5-6-14(9-24)17(8-13)27-19-4-2-3-18(28-19)20(21,22)23/h2-12,24H,25H2,1H3,(H,27,28). The van der Waals surface area contributed by atoms with Crippen LogP contribution in [0.4, 0.5) is 24.7 Å². The molecule has 3 rings (SSSR count). The predicted molar refractivity (Wildman–Crippen MR) is 103 cm³/mol. The molecule has 0 spiro atoms. The molecule has 0 aliphatic carbocycles. The molecule has 8 heteroatoms. The summed E-state index contributed by atoms with van der Waals surface area (Å²) in [5.74, 6) is 0.0394. The van der Waals surface area contributed by atoms with Crippen LogP contribution in [0.25, 0.3) is 11.1 Å². The van der Waals surface area contributed by atoms with E-state index in [1.165, 1.54) is 12.1 Å². The van der Waals surface area contributed by atoms with E-state index in [1.54, 1.807) is 24.5 Å². The third kappa shape index (κ3) is 4.34. The molecule has 0 saturated heterocycles. The fourth-order valence-corrected chi connectivity index (χ4v) is 2.63. The van der Waals surface area contributed by atoms with Crippen LogP contribution < -0.4 is 11.1 Å². The lowest BCUT2D eigenvalue weighted by Gasteiger charge is -2.13. The van der Waals surface area contributed by atoms with Crippen LogP contribution in [0.5, 0.6) is 0 Å². The Labute approximate surface area is 160 Å². The van der Waals surface area contributed by atoms with E-state index in [0.29, 0.717) is 11.3 Å². The van der Waals surface area contributed by atoms with Gasteiger partial charge >= 0.3 is 6.18 Å². The summed E-state index contributed by atoms with van der Waals surface area (Å²) in [4.78, 5) is 7.81. The third-order valence-corrected chi connectivity index (χ3v) is 4.13. The maximum atomic E-state index is 12.9. The summed E-state index contributed by atoms with van der Waals surface area (Å²) in [7, 11) is 0. The van der Waals surface area contributed by atoms with Crippen LogP contribution in [0.1, 0.15) is 29.8 Å². The van der Waals surface area contributed by atoms with E-state index in [2.05, 4.69) is 15.3 Å². The first-order valence-electron chi connectivity index (χ1n) is 8.44. The molecule has 2 heterocycles. The zero-order chi connectivity index (χ0) is 20.3. The van der Waals surface area contributed by atoms with Crippen molar-refractivity contribution in [2.75, 3.05) is 5.32 Å². The first-order chi connectivity index (χ1) is 13.3. The van der Waals surface area contributed by atoms with Gasteiger partial charge in [-0.2, -0.15) is 13.2 Å². The van der Waals surface area contributed by atoms with Crippen molar-refractivity contribution in [3.8, 4) is 11.1 Å². The van der Waals surface area contributed by atoms with E-state index < -0.39 is 11.9 Å². The minimum Gasteiger partial charge on any atom is -0.340 e. The number of alkyl halides is 3. The lowest BCUT2D eigenvalue weighted by molar-refractivity contribution is -0.141. The fourth-order valence-electron chi connectivity index (χ4n) is 2.63. The van der Waals surface area contributed by atoms with Crippen LogP contribution in [0, 0.1) is 5.41 Å².